The highest BCUT2D eigenvalue weighted by atomic mass is 16.5. The van der Waals surface area contributed by atoms with Gasteiger partial charge in [-0.15, -0.1) is 0 Å². The summed E-state index contributed by atoms with van der Waals surface area (Å²) < 4.78 is 11.4. The van der Waals surface area contributed by atoms with Crippen molar-refractivity contribution in [3.05, 3.63) is 89.9 Å². The Morgan fingerprint density at radius 1 is 0.912 bits per heavy atom. The van der Waals surface area contributed by atoms with Crippen molar-refractivity contribution < 1.29 is 19.1 Å². The summed E-state index contributed by atoms with van der Waals surface area (Å²) in [4.78, 5) is 32.3. The van der Waals surface area contributed by atoms with Gasteiger partial charge in [-0.2, -0.15) is 0 Å². The highest BCUT2D eigenvalue weighted by Crippen LogP contribution is 2.34. The number of nitrogens with one attached hydrogen (secondary N) is 1. The molecule has 34 heavy (non-hydrogen) atoms. The Labute approximate surface area is 199 Å². The van der Waals surface area contributed by atoms with E-state index in [9.17, 15) is 9.59 Å². The predicted octanol–water partition coefficient (Wildman–Crippen LogP) is 4.66. The van der Waals surface area contributed by atoms with Gasteiger partial charge in [-0.1, -0.05) is 37.3 Å². The summed E-state index contributed by atoms with van der Waals surface area (Å²) in [6.45, 7) is 5.15. The highest BCUT2D eigenvalue weighted by Gasteiger charge is 2.39. The van der Waals surface area contributed by atoms with Gasteiger partial charge in [-0.05, 0) is 54.8 Å². The molecule has 0 bridgehead atoms. The number of hydrogen-bond donors (Lipinski definition) is 1. The zero-order valence-corrected chi connectivity index (χ0v) is 19.3. The molecule has 1 aliphatic heterocycles. The van der Waals surface area contributed by atoms with Crippen LogP contribution in [0.25, 0.3) is 5.57 Å². The van der Waals surface area contributed by atoms with E-state index in [0.717, 1.165) is 12.0 Å². The number of carbonyl (C=O) groups excluding carboxylic acids is 2. The fourth-order valence-electron chi connectivity index (χ4n) is 3.70. The second-order valence-corrected chi connectivity index (χ2v) is 7.73. The van der Waals surface area contributed by atoms with Gasteiger partial charge in [0.1, 0.15) is 17.2 Å². The Morgan fingerprint density at radius 2 is 1.71 bits per heavy atom. The standard InChI is InChI=1S/C27H27N3O4/c1-3-16-34-21-13-11-20(12-14-21)24-25(29-22-9-5-6-10-23(22)33-4-2)27(32)30(26(24)31)18-19-8-7-15-28-17-19/h5-15,17,29H,3-4,16,18H2,1-2H3. The van der Waals surface area contributed by atoms with Gasteiger partial charge >= 0.3 is 0 Å². The predicted molar refractivity (Wildman–Crippen MR) is 130 cm³/mol. The maximum absolute atomic E-state index is 13.5. The quantitative estimate of drug-likeness (QED) is 0.446. The molecule has 4 rings (SSSR count). The Hall–Kier alpha value is -4.13. The van der Waals surface area contributed by atoms with Crippen molar-refractivity contribution in [3.8, 4) is 11.5 Å². The number of benzene rings is 2. The summed E-state index contributed by atoms with van der Waals surface area (Å²) in [6.07, 6.45) is 4.20. The number of anilines is 1. The number of ether oxygens (including phenoxy) is 2. The smallest absolute Gasteiger partial charge is 0.278 e. The Bertz CT molecular complexity index is 1190. The average molecular weight is 458 g/mol. The summed E-state index contributed by atoms with van der Waals surface area (Å²) in [5.41, 5.74) is 2.53. The first kappa shape index (κ1) is 23.0. The molecule has 0 radical (unpaired) electrons. The zero-order chi connectivity index (χ0) is 23.9. The van der Waals surface area contributed by atoms with E-state index in [1.807, 2.05) is 56.3 Å². The van der Waals surface area contributed by atoms with Crippen molar-refractivity contribution in [2.75, 3.05) is 18.5 Å². The molecule has 0 spiro atoms. The SMILES string of the molecule is CCCOc1ccc(C2=C(Nc3ccccc3OCC)C(=O)N(Cc3cccnc3)C2=O)cc1. The summed E-state index contributed by atoms with van der Waals surface area (Å²) in [6, 6.07) is 18.2. The van der Waals surface area contributed by atoms with Crippen LogP contribution in [-0.4, -0.2) is 34.9 Å². The van der Waals surface area contributed by atoms with E-state index < -0.39 is 5.91 Å². The molecular weight excluding hydrogens is 430 g/mol. The minimum absolute atomic E-state index is 0.130. The average Bonchev–Trinajstić information content (AvgIpc) is 3.09. The maximum atomic E-state index is 13.5. The summed E-state index contributed by atoms with van der Waals surface area (Å²) in [7, 11) is 0. The lowest BCUT2D eigenvalue weighted by Gasteiger charge is -2.16. The number of hydrogen-bond acceptors (Lipinski definition) is 6. The first-order valence-corrected chi connectivity index (χ1v) is 11.3. The molecule has 2 amide bonds. The van der Waals surface area contributed by atoms with Gasteiger partial charge in [0.05, 0.1) is 31.0 Å². The van der Waals surface area contributed by atoms with Crippen LogP contribution < -0.4 is 14.8 Å². The highest BCUT2D eigenvalue weighted by molar-refractivity contribution is 6.36. The first-order valence-electron chi connectivity index (χ1n) is 11.3. The number of rotatable bonds is 10. The van der Waals surface area contributed by atoms with E-state index in [1.54, 1.807) is 30.6 Å². The topological polar surface area (TPSA) is 80.8 Å². The molecular formula is C27H27N3O4. The Balaban J connectivity index is 1.72. The summed E-state index contributed by atoms with van der Waals surface area (Å²) in [5, 5.41) is 3.18. The lowest BCUT2D eigenvalue weighted by Crippen LogP contribution is -2.32. The van der Waals surface area contributed by atoms with Crippen LogP contribution in [0.3, 0.4) is 0 Å². The molecule has 7 nitrogen and oxygen atoms in total. The number of amides is 2. The van der Waals surface area contributed by atoms with Gasteiger partial charge in [-0.3, -0.25) is 19.5 Å². The molecule has 174 valence electrons. The van der Waals surface area contributed by atoms with Gasteiger partial charge in [0.25, 0.3) is 11.8 Å². The molecule has 0 saturated carbocycles. The van der Waals surface area contributed by atoms with Crippen LogP contribution in [0.15, 0.2) is 78.8 Å². The van der Waals surface area contributed by atoms with Crippen LogP contribution in [0.4, 0.5) is 5.69 Å². The van der Waals surface area contributed by atoms with Crippen molar-refractivity contribution >= 4 is 23.1 Å². The van der Waals surface area contributed by atoms with Crippen molar-refractivity contribution in [2.24, 2.45) is 0 Å². The zero-order valence-electron chi connectivity index (χ0n) is 19.3. The van der Waals surface area contributed by atoms with Crippen molar-refractivity contribution in [1.82, 2.24) is 9.88 Å². The van der Waals surface area contributed by atoms with Crippen molar-refractivity contribution in [1.29, 1.82) is 0 Å². The van der Waals surface area contributed by atoms with Crippen LogP contribution in [-0.2, 0) is 16.1 Å². The van der Waals surface area contributed by atoms with Crippen LogP contribution in [0, 0.1) is 0 Å². The molecule has 1 aliphatic rings. The third kappa shape index (κ3) is 4.93. The van der Waals surface area contributed by atoms with Gasteiger partial charge in [-0.25, -0.2) is 0 Å². The van der Waals surface area contributed by atoms with E-state index in [1.165, 1.54) is 4.90 Å². The third-order valence-corrected chi connectivity index (χ3v) is 5.29. The van der Waals surface area contributed by atoms with Gasteiger partial charge in [0, 0.05) is 12.4 Å². The minimum Gasteiger partial charge on any atom is -0.494 e. The lowest BCUT2D eigenvalue weighted by atomic mass is 10.0. The molecule has 1 N–H and O–H groups in total. The van der Waals surface area contributed by atoms with Gasteiger partial charge in [0.15, 0.2) is 0 Å². The normalized spacial score (nSPS) is 13.4. The number of para-hydroxylation sites is 2. The van der Waals surface area contributed by atoms with Crippen LogP contribution in [0.2, 0.25) is 0 Å². The summed E-state index contributed by atoms with van der Waals surface area (Å²) in [5.74, 6) is 0.548. The number of aromatic nitrogens is 1. The third-order valence-electron chi connectivity index (χ3n) is 5.29. The molecule has 7 heteroatoms. The monoisotopic (exact) mass is 457 g/mol. The molecule has 0 fully saturated rings. The lowest BCUT2D eigenvalue weighted by molar-refractivity contribution is -0.137. The van der Waals surface area contributed by atoms with Crippen LogP contribution in [0.5, 0.6) is 11.5 Å². The molecule has 0 saturated heterocycles. The van der Waals surface area contributed by atoms with E-state index in [4.69, 9.17) is 9.47 Å². The van der Waals surface area contributed by atoms with Gasteiger partial charge in [0.2, 0.25) is 0 Å². The first-order chi connectivity index (χ1) is 16.6. The number of nitrogens with zero attached hydrogens (tertiary/aromatic N) is 2. The van der Waals surface area contributed by atoms with Crippen molar-refractivity contribution in [3.63, 3.8) is 0 Å². The molecule has 2 heterocycles. The Morgan fingerprint density at radius 3 is 2.41 bits per heavy atom. The summed E-state index contributed by atoms with van der Waals surface area (Å²) >= 11 is 0. The molecule has 2 aromatic carbocycles. The second kappa shape index (κ2) is 10.7. The number of pyridine rings is 1. The largest absolute Gasteiger partial charge is 0.494 e. The van der Waals surface area contributed by atoms with Crippen molar-refractivity contribution in [2.45, 2.75) is 26.8 Å². The van der Waals surface area contributed by atoms with E-state index >= 15 is 0 Å². The maximum Gasteiger partial charge on any atom is 0.278 e. The fourth-order valence-corrected chi connectivity index (χ4v) is 3.70. The molecule has 0 atom stereocenters. The molecule has 1 aromatic heterocycles. The van der Waals surface area contributed by atoms with Crippen LogP contribution >= 0.6 is 0 Å². The fraction of sp³-hybridized carbons (Fsp3) is 0.222. The van der Waals surface area contributed by atoms with E-state index in [2.05, 4.69) is 10.3 Å². The molecule has 3 aromatic rings. The van der Waals surface area contributed by atoms with Gasteiger partial charge < -0.3 is 14.8 Å². The van der Waals surface area contributed by atoms with E-state index in [0.29, 0.717) is 41.5 Å². The van der Waals surface area contributed by atoms with E-state index in [-0.39, 0.29) is 18.1 Å². The number of carbonyl (C=O) groups is 2. The Kier molecular flexibility index (Phi) is 7.22. The second-order valence-electron chi connectivity index (χ2n) is 7.73. The van der Waals surface area contributed by atoms with Crippen LogP contribution in [0.1, 0.15) is 31.4 Å². The minimum atomic E-state index is -0.401. The molecule has 0 unspecified atom stereocenters. The number of imide groups is 1. The molecule has 0 aliphatic carbocycles.